The van der Waals surface area contributed by atoms with E-state index >= 15 is 0 Å². The van der Waals surface area contributed by atoms with E-state index in [1.807, 2.05) is 19.2 Å². The lowest BCUT2D eigenvalue weighted by Crippen LogP contribution is -2.69. The second-order valence-corrected chi connectivity index (χ2v) is 8.39. The molecule has 2 aliphatic carbocycles. The third kappa shape index (κ3) is 3.92. The zero-order chi connectivity index (χ0) is 19.7. The molecule has 0 radical (unpaired) electrons. The fourth-order valence-corrected chi connectivity index (χ4v) is 5.70. The molecule has 0 amide bonds. The van der Waals surface area contributed by atoms with Gasteiger partial charge in [-0.05, 0) is 31.4 Å². The predicted molar refractivity (Wildman–Crippen MR) is 125 cm³/mol. The monoisotopic (exact) mass is 515 g/mol. The number of hydrogen-bond donors (Lipinski definition) is 1. The normalized spacial score (nSPS) is 27.0. The van der Waals surface area contributed by atoms with E-state index in [0.29, 0.717) is 23.5 Å². The molecule has 4 rings (SSSR count). The summed E-state index contributed by atoms with van der Waals surface area (Å²) in [7, 11) is 7.32. The molecule has 1 aromatic carbocycles. The first-order valence-corrected chi connectivity index (χ1v) is 10.4. The Morgan fingerprint density at radius 2 is 2.03 bits per heavy atom. The zero-order valence-corrected chi connectivity index (χ0v) is 20.3. The van der Waals surface area contributed by atoms with Gasteiger partial charge in [0.25, 0.3) is 0 Å². The number of aliphatic imine (C=N–C) groups is 1. The van der Waals surface area contributed by atoms with Gasteiger partial charge in [0.1, 0.15) is 11.5 Å². The zero-order valence-electron chi connectivity index (χ0n) is 17.9. The standard InChI is InChI=1S/C22H33N3O3.HI/c1-23-21(25(2)14-15-7-8-16(26-3)13-18(15)27-4)24-19-17-9-12-28-20(17)22(19)10-5-6-11-22;/h7-8,13,17,19-20H,5-6,9-12,14H2,1-4H3,(H,23,24);1H. The molecule has 2 saturated carbocycles. The molecule has 0 aromatic heterocycles. The summed E-state index contributed by atoms with van der Waals surface area (Å²) >= 11 is 0. The lowest BCUT2D eigenvalue weighted by atomic mass is 9.54. The lowest BCUT2D eigenvalue weighted by Gasteiger charge is -2.57. The van der Waals surface area contributed by atoms with E-state index in [0.717, 1.165) is 42.6 Å². The van der Waals surface area contributed by atoms with Crippen LogP contribution in [0.5, 0.6) is 11.5 Å². The van der Waals surface area contributed by atoms with Gasteiger partial charge in [0, 0.05) is 56.3 Å². The molecule has 1 N–H and O–H groups in total. The fraction of sp³-hybridized carbons (Fsp3) is 0.682. The summed E-state index contributed by atoms with van der Waals surface area (Å²) < 4.78 is 17.0. The molecule has 3 aliphatic rings. The number of hydrogen-bond acceptors (Lipinski definition) is 4. The number of halogens is 1. The lowest BCUT2D eigenvalue weighted by molar-refractivity contribution is -0.125. The third-order valence-corrected chi connectivity index (χ3v) is 7.05. The summed E-state index contributed by atoms with van der Waals surface area (Å²) in [4.78, 5) is 6.77. The molecule has 3 atom stereocenters. The molecule has 162 valence electrons. The number of fused-ring (bicyclic) bond motifs is 2. The molecule has 1 spiro atoms. The molecule has 1 heterocycles. The maximum absolute atomic E-state index is 6.12. The molecule has 7 heteroatoms. The van der Waals surface area contributed by atoms with E-state index in [9.17, 15) is 0 Å². The van der Waals surface area contributed by atoms with Gasteiger partial charge in [0.2, 0.25) is 0 Å². The molecule has 1 aliphatic heterocycles. The number of nitrogens with zero attached hydrogens (tertiary/aromatic N) is 2. The van der Waals surface area contributed by atoms with Crippen LogP contribution in [0, 0.1) is 11.3 Å². The summed E-state index contributed by atoms with van der Waals surface area (Å²) in [6.07, 6.45) is 6.82. The quantitative estimate of drug-likeness (QED) is 0.369. The van der Waals surface area contributed by atoms with Crippen molar-refractivity contribution < 1.29 is 14.2 Å². The number of methoxy groups -OCH3 is 2. The van der Waals surface area contributed by atoms with Crippen LogP contribution in [0.1, 0.15) is 37.7 Å². The Balaban J connectivity index is 0.00000240. The van der Waals surface area contributed by atoms with Gasteiger partial charge >= 0.3 is 0 Å². The highest BCUT2D eigenvalue weighted by molar-refractivity contribution is 14.0. The van der Waals surface area contributed by atoms with Crippen LogP contribution in [0.2, 0.25) is 0 Å². The van der Waals surface area contributed by atoms with E-state index in [2.05, 4.69) is 28.3 Å². The first-order valence-electron chi connectivity index (χ1n) is 10.4. The summed E-state index contributed by atoms with van der Waals surface area (Å²) in [6.45, 7) is 1.63. The van der Waals surface area contributed by atoms with E-state index in [-0.39, 0.29) is 24.0 Å². The van der Waals surface area contributed by atoms with Crippen molar-refractivity contribution in [2.45, 2.75) is 50.8 Å². The molecule has 1 aromatic rings. The van der Waals surface area contributed by atoms with Crippen molar-refractivity contribution >= 4 is 29.9 Å². The summed E-state index contributed by atoms with van der Waals surface area (Å²) in [5.74, 6) is 3.20. The highest BCUT2D eigenvalue weighted by Crippen LogP contribution is 2.60. The van der Waals surface area contributed by atoms with Crippen molar-refractivity contribution in [3.05, 3.63) is 23.8 Å². The maximum Gasteiger partial charge on any atom is 0.193 e. The average Bonchev–Trinajstić information content (AvgIpc) is 3.37. The molecule has 3 unspecified atom stereocenters. The Kier molecular flexibility index (Phi) is 7.19. The molecule has 0 bridgehead atoms. The number of ether oxygens (including phenoxy) is 3. The minimum absolute atomic E-state index is 0. The smallest absolute Gasteiger partial charge is 0.193 e. The van der Waals surface area contributed by atoms with Gasteiger partial charge in [0.05, 0.1) is 20.3 Å². The number of guanidine groups is 1. The van der Waals surface area contributed by atoms with E-state index < -0.39 is 0 Å². The van der Waals surface area contributed by atoms with Gasteiger partial charge in [-0.25, -0.2) is 0 Å². The van der Waals surface area contributed by atoms with Crippen molar-refractivity contribution in [1.29, 1.82) is 0 Å². The number of benzene rings is 1. The second kappa shape index (κ2) is 9.29. The summed E-state index contributed by atoms with van der Waals surface area (Å²) in [5, 5.41) is 3.82. The van der Waals surface area contributed by atoms with E-state index in [1.54, 1.807) is 14.2 Å². The average molecular weight is 515 g/mol. The van der Waals surface area contributed by atoms with Crippen LogP contribution in [-0.2, 0) is 11.3 Å². The number of rotatable bonds is 5. The molecular formula is C22H34IN3O3. The predicted octanol–water partition coefficient (Wildman–Crippen LogP) is 3.68. The van der Waals surface area contributed by atoms with Crippen molar-refractivity contribution in [3.8, 4) is 11.5 Å². The highest BCUT2D eigenvalue weighted by Gasteiger charge is 2.65. The van der Waals surface area contributed by atoms with E-state index in [1.165, 1.54) is 25.7 Å². The maximum atomic E-state index is 6.12. The van der Waals surface area contributed by atoms with Crippen LogP contribution < -0.4 is 14.8 Å². The van der Waals surface area contributed by atoms with Gasteiger partial charge in [-0.2, -0.15) is 0 Å². The second-order valence-electron chi connectivity index (χ2n) is 8.39. The Morgan fingerprint density at radius 1 is 1.28 bits per heavy atom. The van der Waals surface area contributed by atoms with E-state index in [4.69, 9.17) is 14.2 Å². The Hall–Kier alpha value is -1.22. The topological polar surface area (TPSA) is 55.3 Å². The van der Waals surface area contributed by atoms with Crippen LogP contribution in [0.25, 0.3) is 0 Å². The molecule has 1 saturated heterocycles. The minimum atomic E-state index is 0. The van der Waals surface area contributed by atoms with Crippen LogP contribution in [0.3, 0.4) is 0 Å². The summed E-state index contributed by atoms with van der Waals surface area (Å²) in [6, 6.07) is 6.44. The van der Waals surface area contributed by atoms with Gasteiger partial charge in [-0.15, -0.1) is 24.0 Å². The van der Waals surface area contributed by atoms with Crippen molar-refractivity contribution in [2.24, 2.45) is 16.3 Å². The third-order valence-electron chi connectivity index (χ3n) is 7.05. The Morgan fingerprint density at radius 3 is 2.69 bits per heavy atom. The van der Waals surface area contributed by atoms with Crippen LogP contribution in [-0.4, -0.2) is 57.9 Å². The first kappa shape index (κ1) is 22.5. The van der Waals surface area contributed by atoms with Gasteiger partial charge < -0.3 is 24.4 Å². The first-order chi connectivity index (χ1) is 13.6. The summed E-state index contributed by atoms with van der Waals surface area (Å²) in [5.41, 5.74) is 1.43. The van der Waals surface area contributed by atoms with Crippen LogP contribution in [0.15, 0.2) is 23.2 Å². The van der Waals surface area contributed by atoms with Crippen molar-refractivity contribution in [3.63, 3.8) is 0 Å². The van der Waals surface area contributed by atoms with Crippen molar-refractivity contribution in [2.75, 3.05) is 34.9 Å². The Bertz CT molecular complexity index is 736. The molecular weight excluding hydrogens is 481 g/mol. The highest BCUT2D eigenvalue weighted by atomic mass is 127. The molecule has 3 fully saturated rings. The van der Waals surface area contributed by atoms with Gasteiger partial charge in [-0.3, -0.25) is 4.99 Å². The molecule has 29 heavy (non-hydrogen) atoms. The largest absolute Gasteiger partial charge is 0.497 e. The van der Waals surface area contributed by atoms with Crippen molar-refractivity contribution in [1.82, 2.24) is 10.2 Å². The number of nitrogens with one attached hydrogen (secondary N) is 1. The minimum Gasteiger partial charge on any atom is -0.497 e. The van der Waals surface area contributed by atoms with Gasteiger partial charge in [0.15, 0.2) is 5.96 Å². The molecule has 6 nitrogen and oxygen atoms in total. The van der Waals surface area contributed by atoms with Crippen LogP contribution >= 0.6 is 24.0 Å². The SMILES string of the molecule is CN=C(NC1C2CCOC2C12CCCC2)N(C)Cc1ccc(OC)cc1OC.I. The fourth-order valence-electron chi connectivity index (χ4n) is 5.70. The Labute approximate surface area is 191 Å². The van der Waals surface area contributed by atoms with Crippen LogP contribution in [0.4, 0.5) is 0 Å². The van der Waals surface area contributed by atoms with Gasteiger partial charge in [-0.1, -0.05) is 12.8 Å².